The molecule has 1 aromatic carbocycles. The van der Waals surface area contributed by atoms with Crippen LogP contribution in [0.3, 0.4) is 0 Å². The normalized spacial score (nSPS) is 11.6. The van der Waals surface area contributed by atoms with Crippen molar-refractivity contribution in [3.05, 3.63) is 59.2 Å². The van der Waals surface area contributed by atoms with E-state index >= 15 is 0 Å². The highest BCUT2D eigenvalue weighted by Crippen LogP contribution is 2.22. The minimum atomic E-state index is 0.953. The number of fused-ring (bicyclic) bond motifs is 1. The molecule has 3 nitrogen and oxygen atoms in total. The Bertz CT molecular complexity index is 829. The maximum atomic E-state index is 4.83. The molecule has 3 heteroatoms. The second-order valence-corrected chi connectivity index (χ2v) is 5.99. The summed E-state index contributed by atoms with van der Waals surface area (Å²) in [6, 6.07) is 10.4. The first kappa shape index (κ1) is 15.5. The van der Waals surface area contributed by atoms with Gasteiger partial charge in [-0.1, -0.05) is 19.4 Å². The Morgan fingerprint density at radius 3 is 2.65 bits per heavy atom. The lowest BCUT2D eigenvalue weighted by atomic mass is 10.1. The minimum absolute atomic E-state index is 0.953. The van der Waals surface area contributed by atoms with Crippen molar-refractivity contribution >= 4 is 23.2 Å². The van der Waals surface area contributed by atoms with Crippen LogP contribution < -0.4 is 0 Å². The van der Waals surface area contributed by atoms with E-state index < -0.39 is 0 Å². The molecule has 0 saturated heterocycles. The van der Waals surface area contributed by atoms with Crippen molar-refractivity contribution in [2.75, 3.05) is 0 Å². The molecule has 0 spiro atoms. The average molecular weight is 305 g/mol. The number of nitrogens with zero attached hydrogens (tertiary/aromatic N) is 3. The molecule has 0 atom stereocenters. The van der Waals surface area contributed by atoms with Gasteiger partial charge in [-0.2, -0.15) is 0 Å². The van der Waals surface area contributed by atoms with Crippen molar-refractivity contribution in [1.29, 1.82) is 0 Å². The molecular weight excluding hydrogens is 282 g/mol. The molecular formula is C20H23N3. The zero-order chi connectivity index (χ0) is 16.2. The number of rotatable bonds is 5. The summed E-state index contributed by atoms with van der Waals surface area (Å²) in [5, 5.41) is 0. The van der Waals surface area contributed by atoms with Crippen LogP contribution in [-0.2, 0) is 6.54 Å². The monoisotopic (exact) mass is 305 g/mol. The third kappa shape index (κ3) is 3.34. The molecule has 23 heavy (non-hydrogen) atoms. The van der Waals surface area contributed by atoms with Gasteiger partial charge >= 0.3 is 0 Å². The van der Waals surface area contributed by atoms with Gasteiger partial charge in [0, 0.05) is 12.7 Å². The summed E-state index contributed by atoms with van der Waals surface area (Å²) in [5.41, 5.74) is 5.86. The van der Waals surface area contributed by atoms with Crippen LogP contribution in [-0.4, -0.2) is 14.5 Å². The summed E-state index contributed by atoms with van der Waals surface area (Å²) < 4.78 is 2.32. The quantitative estimate of drug-likeness (QED) is 0.662. The standard InChI is InChI=1S/C20H23N3/c1-4-5-12-23-19-14-16(3)15(2)13-18(19)22-20(23)10-9-17-8-6-7-11-21-17/h6-11,13-14H,4-5,12H2,1-3H3/b10-9+. The Labute approximate surface area is 137 Å². The molecule has 0 unspecified atom stereocenters. The van der Waals surface area contributed by atoms with Gasteiger partial charge < -0.3 is 4.57 Å². The topological polar surface area (TPSA) is 30.7 Å². The van der Waals surface area contributed by atoms with Crippen molar-refractivity contribution in [2.24, 2.45) is 0 Å². The summed E-state index contributed by atoms with van der Waals surface area (Å²) in [6.45, 7) is 7.52. The molecule has 2 heterocycles. The Morgan fingerprint density at radius 1 is 1.09 bits per heavy atom. The van der Waals surface area contributed by atoms with Crippen molar-refractivity contribution in [1.82, 2.24) is 14.5 Å². The lowest BCUT2D eigenvalue weighted by Crippen LogP contribution is -2.00. The SMILES string of the molecule is CCCCn1c(/C=C/c2ccccn2)nc2cc(C)c(C)cc21. The number of aryl methyl sites for hydroxylation is 3. The fourth-order valence-corrected chi connectivity index (χ4v) is 2.71. The predicted octanol–water partition coefficient (Wildman–Crippen LogP) is 5.02. The van der Waals surface area contributed by atoms with Crippen molar-refractivity contribution < 1.29 is 0 Å². The summed E-state index contributed by atoms with van der Waals surface area (Å²) >= 11 is 0. The first-order valence-corrected chi connectivity index (χ1v) is 8.25. The maximum absolute atomic E-state index is 4.83. The third-order valence-electron chi connectivity index (χ3n) is 4.22. The maximum Gasteiger partial charge on any atom is 0.133 e. The van der Waals surface area contributed by atoms with Crippen LogP contribution in [0.2, 0.25) is 0 Å². The van der Waals surface area contributed by atoms with Gasteiger partial charge in [0.2, 0.25) is 0 Å². The fourth-order valence-electron chi connectivity index (χ4n) is 2.71. The molecule has 0 aliphatic carbocycles. The molecule has 0 amide bonds. The van der Waals surface area contributed by atoms with Crippen molar-refractivity contribution in [3.63, 3.8) is 0 Å². The van der Waals surface area contributed by atoms with E-state index in [0.717, 1.165) is 30.0 Å². The van der Waals surface area contributed by atoms with Crippen LogP contribution in [0.1, 0.15) is 42.4 Å². The zero-order valence-electron chi connectivity index (χ0n) is 14.1. The number of benzene rings is 1. The second kappa shape index (κ2) is 6.78. The van der Waals surface area contributed by atoms with Crippen molar-refractivity contribution in [3.8, 4) is 0 Å². The number of imidazole rings is 1. The van der Waals surface area contributed by atoms with Crippen molar-refractivity contribution in [2.45, 2.75) is 40.2 Å². The van der Waals surface area contributed by atoms with E-state index in [1.165, 1.54) is 23.1 Å². The molecule has 0 saturated carbocycles. The first-order chi connectivity index (χ1) is 11.2. The Morgan fingerprint density at radius 2 is 1.91 bits per heavy atom. The number of hydrogen-bond acceptors (Lipinski definition) is 2. The average Bonchev–Trinajstić information content (AvgIpc) is 2.89. The zero-order valence-corrected chi connectivity index (χ0v) is 14.1. The largest absolute Gasteiger partial charge is 0.324 e. The fraction of sp³-hybridized carbons (Fsp3) is 0.300. The van der Waals surface area contributed by atoms with Crippen LogP contribution in [0.15, 0.2) is 36.5 Å². The molecule has 0 bridgehead atoms. The summed E-state index contributed by atoms with van der Waals surface area (Å²) in [5.74, 6) is 1.00. The smallest absolute Gasteiger partial charge is 0.133 e. The molecule has 0 fully saturated rings. The summed E-state index contributed by atoms with van der Waals surface area (Å²) in [4.78, 5) is 9.17. The molecule has 0 aliphatic heterocycles. The van der Waals surface area contributed by atoms with Crippen LogP contribution in [0.5, 0.6) is 0 Å². The lowest BCUT2D eigenvalue weighted by molar-refractivity contribution is 0.641. The predicted molar refractivity (Wildman–Crippen MR) is 97.3 cm³/mol. The van der Waals surface area contributed by atoms with Gasteiger partial charge in [0.25, 0.3) is 0 Å². The van der Waals surface area contributed by atoms with Gasteiger partial charge in [-0.3, -0.25) is 4.98 Å². The van der Waals surface area contributed by atoms with E-state index in [0.29, 0.717) is 0 Å². The van der Waals surface area contributed by atoms with E-state index in [4.69, 9.17) is 4.98 Å². The van der Waals surface area contributed by atoms with E-state index in [2.05, 4.69) is 48.5 Å². The molecule has 2 aromatic heterocycles. The number of pyridine rings is 1. The molecule has 0 aliphatic rings. The molecule has 3 aromatic rings. The second-order valence-electron chi connectivity index (χ2n) is 5.99. The third-order valence-corrected chi connectivity index (χ3v) is 4.22. The first-order valence-electron chi connectivity index (χ1n) is 8.25. The number of unbranched alkanes of at least 4 members (excludes halogenated alkanes) is 1. The highest BCUT2D eigenvalue weighted by atomic mass is 15.1. The van der Waals surface area contributed by atoms with E-state index in [9.17, 15) is 0 Å². The number of hydrogen-bond donors (Lipinski definition) is 0. The number of aromatic nitrogens is 3. The van der Waals surface area contributed by atoms with Crippen LogP contribution >= 0.6 is 0 Å². The Hall–Kier alpha value is -2.42. The van der Waals surface area contributed by atoms with Crippen LogP contribution in [0.25, 0.3) is 23.2 Å². The van der Waals surface area contributed by atoms with Gasteiger partial charge in [0.1, 0.15) is 5.82 Å². The van der Waals surface area contributed by atoms with E-state index in [1.54, 1.807) is 0 Å². The molecule has 3 rings (SSSR count). The van der Waals surface area contributed by atoms with Crippen LogP contribution in [0.4, 0.5) is 0 Å². The minimum Gasteiger partial charge on any atom is -0.324 e. The summed E-state index contributed by atoms with van der Waals surface area (Å²) in [6.07, 6.45) is 8.25. The molecule has 118 valence electrons. The molecule has 0 N–H and O–H groups in total. The van der Waals surface area contributed by atoms with Gasteiger partial charge in [-0.05, 0) is 67.8 Å². The Balaban J connectivity index is 2.05. The highest BCUT2D eigenvalue weighted by molar-refractivity contribution is 5.81. The van der Waals surface area contributed by atoms with Gasteiger partial charge in [-0.15, -0.1) is 0 Å². The lowest BCUT2D eigenvalue weighted by Gasteiger charge is -2.07. The summed E-state index contributed by atoms with van der Waals surface area (Å²) in [7, 11) is 0. The molecule has 0 radical (unpaired) electrons. The van der Waals surface area contributed by atoms with Gasteiger partial charge in [-0.25, -0.2) is 4.98 Å². The van der Waals surface area contributed by atoms with Gasteiger partial charge in [0.15, 0.2) is 0 Å². The van der Waals surface area contributed by atoms with E-state index in [1.807, 2.05) is 30.5 Å². The van der Waals surface area contributed by atoms with Gasteiger partial charge in [0.05, 0.1) is 16.7 Å². The highest BCUT2D eigenvalue weighted by Gasteiger charge is 2.10. The van der Waals surface area contributed by atoms with E-state index in [-0.39, 0.29) is 0 Å². The Kier molecular flexibility index (Phi) is 4.56. The van der Waals surface area contributed by atoms with Crippen LogP contribution in [0, 0.1) is 13.8 Å².